The molecule has 0 atom stereocenters. The normalized spacial score (nSPS) is 13.1. The molecule has 1 aliphatic carbocycles. The van der Waals surface area contributed by atoms with Gasteiger partial charge >= 0.3 is 0 Å². The van der Waals surface area contributed by atoms with Crippen LogP contribution in [0.15, 0.2) is 176 Å². The Kier molecular flexibility index (Phi) is 6.60. The van der Waals surface area contributed by atoms with Crippen LogP contribution in [0.2, 0.25) is 0 Å². The Morgan fingerprint density at radius 1 is 0.407 bits per heavy atom. The highest BCUT2D eigenvalue weighted by atomic mass is 15.0. The summed E-state index contributed by atoms with van der Waals surface area (Å²) in [5.74, 6) is 0.713. The van der Waals surface area contributed by atoms with E-state index in [1.165, 1.54) is 60.2 Å². The molecule has 11 rings (SSSR count). The molecule has 0 saturated heterocycles. The Morgan fingerprint density at radius 2 is 1.09 bits per heavy atom. The predicted molar refractivity (Wildman–Crippen MR) is 225 cm³/mol. The van der Waals surface area contributed by atoms with Crippen molar-refractivity contribution >= 4 is 43.4 Å². The number of aromatic nitrogens is 3. The van der Waals surface area contributed by atoms with Gasteiger partial charge in [-0.25, -0.2) is 9.97 Å². The predicted octanol–water partition coefficient (Wildman–Crippen LogP) is 13.2. The number of hydrogen-bond donors (Lipinski definition) is 0. The highest BCUT2D eigenvalue weighted by molar-refractivity contribution is 6.14. The summed E-state index contributed by atoms with van der Waals surface area (Å²) >= 11 is 0. The van der Waals surface area contributed by atoms with Crippen molar-refractivity contribution in [2.24, 2.45) is 0 Å². The van der Waals surface area contributed by atoms with Crippen LogP contribution in [0, 0.1) is 0 Å². The van der Waals surface area contributed by atoms with Crippen molar-refractivity contribution in [3.05, 3.63) is 187 Å². The first-order valence-corrected chi connectivity index (χ1v) is 18.7. The van der Waals surface area contributed by atoms with Crippen LogP contribution in [0.4, 0.5) is 0 Å². The summed E-state index contributed by atoms with van der Waals surface area (Å²) in [7, 11) is 0. The first kappa shape index (κ1) is 30.8. The lowest BCUT2D eigenvalue weighted by Crippen LogP contribution is -2.14. The molecule has 8 aromatic carbocycles. The molecule has 0 saturated carbocycles. The molecule has 254 valence electrons. The Balaban J connectivity index is 1.08. The molecule has 2 heterocycles. The topological polar surface area (TPSA) is 30.7 Å². The average Bonchev–Trinajstić information content (AvgIpc) is 3.66. The van der Waals surface area contributed by atoms with Gasteiger partial charge in [0, 0.05) is 38.3 Å². The molecule has 1 aliphatic rings. The summed E-state index contributed by atoms with van der Waals surface area (Å²) in [6.07, 6.45) is 0. The van der Waals surface area contributed by atoms with E-state index in [1.807, 2.05) is 6.07 Å². The van der Waals surface area contributed by atoms with Gasteiger partial charge in [-0.2, -0.15) is 0 Å². The van der Waals surface area contributed by atoms with Crippen molar-refractivity contribution in [3.63, 3.8) is 0 Å². The smallest absolute Gasteiger partial charge is 0.160 e. The van der Waals surface area contributed by atoms with Crippen molar-refractivity contribution in [3.8, 4) is 50.7 Å². The highest BCUT2D eigenvalue weighted by Gasteiger charge is 2.35. The van der Waals surface area contributed by atoms with Crippen molar-refractivity contribution in [2.45, 2.75) is 19.3 Å². The molecule has 0 bridgehead atoms. The zero-order chi connectivity index (χ0) is 36.0. The summed E-state index contributed by atoms with van der Waals surface area (Å²) in [4.78, 5) is 10.5. The summed E-state index contributed by atoms with van der Waals surface area (Å²) in [5.41, 5.74) is 13.8. The van der Waals surface area contributed by atoms with Gasteiger partial charge in [0.05, 0.1) is 28.1 Å². The van der Waals surface area contributed by atoms with E-state index in [2.05, 4.69) is 188 Å². The Bertz CT molecular complexity index is 3130. The van der Waals surface area contributed by atoms with E-state index in [0.717, 1.165) is 39.2 Å². The average molecular weight is 690 g/mol. The van der Waals surface area contributed by atoms with Gasteiger partial charge in [-0.1, -0.05) is 147 Å². The minimum absolute atomic E-state index is 0.0976. The van der Waals surface area contributed by atoms with Crippen molar-refractivity contribution in [1.82, 2.24) is 14.5 Å². The lowest BCUT2D eigenvalue weighted by molar-refractivity contribution is 0.660. The third-order valence-electron chi connectivity index (χ3n) is 11.6. The van der Waals surface area contributed by atoms with Gasteiger partial charge in [-0.15, -0.1) is 0 Å². The second-order valence-electron chi connectivity index (χ2n) is 15.0. The number of fused-ring (bicyclic) bond motifs is 8. The van der Waals surface area contributed by atoms with Crippen LogP contribution in [-0.2, 0) is 5.41 Å². The van der Waals surface area contributed by atoms with Gasteiger partial charge in [0.2, 0.25) is 0 Å². The van der Waals surface area contributed by atoms with Crippen LogP contribution in [-0.4, -0.2) is 14.5 Å². The molecular formula is C51H35N3. The van der Waals surface area contributed by atoms with Gasteiger partial charge in [0.15, 0.2) is 5.82 Å². The van der Waals surface area contributed by atoms with Crippen molar-refractivity contribution < 1.29 is 0 Å². The lowest BCUT2D eigenvalue weighted by Gasteiger charge is -2.22. The Morgan fingerprint density at radius 3 is 1.96 bits per heavy atom. The molecule has 3 heteroatoms. The fraction of sp³-hybridized carbons (Fsp3) is 0.0588. The zero-order valence-electron chi connectivity index (χ0n) is 30.1. The molecule has 0 amide bonds. The minimum Gasteiger partial charge on any atom is -0.309 e. The summed E-state index contributed by atoms with van der Waals surface area (Å²) in [5, 5.41) is 7.32. The van der Waals surface area contributed by atoms with E-state index in [9.17, 15) is 0 Å². The van der Waals surface area contributed by atoms with E-state index < -0.39 is 0 Å². The standard InChI is InChI=1S/C51H35N3/c1-51(2)43-20-10-8-18-39(43)40-26-23-36(29-44(40)51)46-31-45(32-13-4-3-5-14-32)52-50(53-46)37-24-25-38-35(27-37)17-12-22-47(38)54-48-21-11-9-19-41(48)42-28-33-15-6-7-16-34(33)30-49(42)54/h3-31H,1-2H3. The van der Waals surface area contributed by atoms with Crippen LogP contribution in [0.5, 0.6) is 0 Å². The van der Waals surface area contributed by atoms with Gasteiger partial charge < -0.3 is 4.57 Å². The van der Waals surface area contributed by atoms with Gasteiger partial charge in [0.1, 0.15) is 0 Å². The summed E-state index contributed by atoms with van der Waals surface area (Å²) in [6, 6.07) is 63.5. The number of hydrogen-bond acceptors (Lipinski definition) is 2. The van der Waals surface area contributed by atoms with Crippen LogP contribution in [0.3, 0.4) is 0 Å². The number of rotatable bonds is 4. The molecular weight excluding hydrogens is 655 g/mol. The molecule has 0 radical (unpaired) electrons. The Labute approximate surface area is 313 Å². The van der Waals surface area contributed by atoms with Gasteiger partial charge in [0.25, 0.3) is 0 Å². The van der Waals surface area contributed by atoms with Crippen LogP contribution in [0.25, 0.3) is 94.1 Å². The lowest BCUT2D eigenvalue weighted by atomic mass is 9.82. The SMILES string of the molecule is CC1(C)c2ccccc2-c2ccc(-c3cc(-c4ccccc4)nc(-c4ccc5c(-n6c7ccccc7c7cc8ccccc8cc76)cccc5c4)n3)cc21. The number of nitrogens with zero attached hydrogens (tertiary/aromatic N) is 3. The molecule has 0 aliphatic heterocycles. The zero-order valence-corrected chi connectivity index (χ0v) is 30.1. The first-order valence-electron chi connectivity index (χ1n) is 18.7. The minimum atomic E-state index is -0.0976. The Hall–Kier alpha value is -6.84. The molecule has 0 spiro atoms. The summed E-state index contributed by atoms with van der Waals surface area (Å²) < 4.78 is 2.43. The maximum atomic E-state index is 5.30. The third-order valence-corrected chi connectivity index (χ3v) is 11.6. The molecule has 0 fully saturated rings. The van der Waals surface area contributed by atoms with Gasteiger partial charge in [-0.3, -0.25) is 0 Å². The summed E-state index contributed by atoms with van der Waals surface area (Å²) in [6.45, 7) is 4.65. The van der Waals surface area contributed by atoms with E-state index in [4.69, 9.17) is 9.97 Å². The third kappa shape index (κ3) is 4.61. The largest absolute Gasteiger partial charge is 0.309 e. The quantitative estimate of drug-likeness (QED) is 0.184. The highest BCUT2D eigenvalue weighted by Crippen LogP contribution is 2.49. The fourth-order valence-corrected chi connectivity index (χ4v) is 8.86. The monoisotopic (exact) mass is 689 g/mol. The molecule has 10 aromatic rings. The maximum Gasteiger partial charge on any atom is 0.160 e. The number of benzene rings is 8. The fourth-order valence-electron chi connectivity index (χ4n) is 8.86. The van der Waals surface area contributed by atoms with E-state index >= 15 is 0 Å². The van der Waals surface area contributed by atoms with E-state index in [-0.39, 0.29) is 5.41 Å². The maximum absolute atomic E-state index is 5.30. The van der Waals surface area contributed by atoms with E-state index in [1.54, 1.807) is 0 Å². The van der Waals surface area contributed by atoms with Crippen molar-refractivity contribution in [2.75, 3.05) is 0 Å². The molecule has 0 unspecified atom stereocenters. The molecule has 54 heavy (non-hydrogen) atoms. The van der Waals surface area contributed by atoms with Crippen molar-refractivity contribution in [1.29, 1.82) is 0 Å². The number of para-hydroxylation sites is 1. The van der Waals surface area contributed by atoms with Gasteiger partial charge in [-0.05, 0) is 80.9 Å². The first-order chi connectivity index (χ1) is 26.5. The molecule has 0 N–H and O–H groups in total. The molecule has 2 aromatic heterocycles. The van der Waals surface area contributed by atoms with E-state index in [0.29, 0.717) is 5.82 Å². The van der Waals surface area contributed by atoms with Crippen LogP contribution in [0.1, 0.15) is 25.0 Å². The molecule has 3 nitrogen and oxygen atoms in total. The second kappa shape index (κ2) is 11.6. The second-order valence-corrected chi connectivity index (χ2v) is 15.0. The van der Waals surface area contributed by atoms with Crippen LogP contribution >= 0.6 is 0 Å². The van der Waals surface area contributed by atoms with Crippen LogP contribution < -0.4 is 0 Å².